The first-order valence-electron chi connectivity index (χ1n) is 7.31. The van der Waals surface area contributed by atoms with Crippen LogP contribution in [0, 0.1) is 12.7 Å². The van der Waals surface area contributed by atoms with Crippen LogP contribution < -0.4 is 5.76 Å². The summed E-state index contributed by atoms with van der Waals surface area (Å²) in [5.74, 6) is -0.311. The summed E-state index contributed by atoms with van der Waals surface area (Å²) in [4.78, 5) is 16.0. The lowest BCUT2D eigenvalue weighted by molar-refractivity contribution is 0.360. The molecular weight excluding hydrogens is 331 g/mol. The van der Waals surface area contributed by atoms with Crippen molar-refractivity contribution in [3.05, 3.63) is 64.4 Å². The maximum absolute atomic E-state index is 13.6. The average molecular weight is 342 g/mol. The summed E-state index contributed by atoms with van der Waals surface area (Å²) in [7, 11) is 0. The number of rotatable bonds is 4. The Bertz CT molecular complexity index is 1080. The summed E-state index contributed by atoms with van der Waals surface area (Å²) in [6, 6.07) is 7.90. The third-order valence-electron chi connectivity index (χ3n) is 3.52. The first kappa shape index (κ1) is 15.1. The Morgan fingerprint density at radius 1 is 1.28 bits per heavy atom. The van der Waals surface area contributed by atoms with Crippen LogP contribution in [0.25, 0.3) is 23.0 Å². The summed E-state index contributed by atoms with van der Waals surface area (Å²) in [6.45, 7) is 1.58. The van der Waals surface area contributed by atoms with Crippen LogP contribution in [0.5, 0.6) is 0 Å². The molecule has 0 atom stereocenters. The molecule has 0 aliphatic rings. The molecule has 0 spiro atoms. The van der Waals surface area contributed by atoms with E-state index >= 15 is 0 Å². The van der Waals surface area contributed by atoms with Gasteiger partial charge in [-0.1, -0.05) is 17.3 Å². The van der Waals surface area contributed by atoms with E-state index in [-0.39, 0.29) is 30.0 Å². The predicted octanol–water partition coefficient (Wildman–Crippen LogP) is 2.64. The van der Waals surface area contributed by atoms with Gasteiger partial charge >= 0.3 is 5.76 Å². The van der Waals surface area contributed by atoms with E-state index in [1.807, 2.05) is 0 Å². The maximum Gasteiger partial charge on any atom is 0.437 e. The minimum Gasteiger partial charge on any atom is -0.459 e. The van der Waals surface area contributed by atoms with Gasteiger partial charge in [-0.25, -0.2) is 9.18 Å². The highest BCUT2D eigenvalue weighted by Gasteiger charge is 2.16. The van der Waals surface area contributed by atoms with E-state index in [0.717, 1.165) is 4.68 Å². The molecule has 4 aromatic rings. The lowest BCUT2D eigenvalue weighted by atomic mass is 10.1. The summed E-state index contributed by atoms with van der Waals surface area (Å²) in [6.07, 6.45) is 1.44. The van der Waals surface area contributed by atoms with Crippen molar-refractivity contribution in [2.45, 2.75) is 13.5 Å². The fourth-order valence-electron chi connectivity index (χ4n) is 2.20. The number of hydrogen-bond acceptors (Lipinski definition) is 7. The maximum atomic E-state index is 13.6. The van der Waals surface area contributed by atoms with Gasteiger partial charge in [0.25, 0.3) is 5.89 Å². The Kier molecular flexibility index (Phi) is 3.53. The van der Waals surface area contributed by atoms with E-state index in [2.05, 4.69) is 15.2 Å². The van der Waals surface area contributed by atoms with E-state index in [1.165, 1.54) is 12.3 Å². The zero-order valence-corrected chi connectivity index (χ0v) is 13.0. The van der Waals surface area contributed by atoms with Gasteiger partial charge in [-0.05, 0) is 30.7 Å². The normalized spacial score (nSPS) is 11.1. The van der Waals surface area contributed by atoms with Crippen LogP contribution in [0.4, 0.5) is 4.39 Å². The highest BCUT2D eigenvalue weighted by molar-refractivity contribution is 5.54. The monoisotopic (exact) mass is 342 g/mol. The predicted molar refractivity (Wildman–Crippen MR) is 82.0 cm³/mol. The van der Waals surface area contributed by atoms with Gasteiger partial charge in [0.15, 0.2) is 5.76 Å². The Hall–Kier alpha value is -3.49. The molecule has 0 radical (unpaired) electrons. The standard InChI is InChI=1S/C16H11FN4O4/c1-9-4-5-10(7-11(9)17)14-18-13(25-20-14)8-21-16(22)24-15(19-21)12-3-2-6-23-12/h2-7H,8H2,1H3. The molecule has 0 saturated carbocycles. The summed E-state index contributed by atoms with van der Waals surface area (Å²) >= 11 is 0. The molecule has 0 bridgehead atoms. The minimum atomic E-state index is -0.687. The van der Waals surface area contributed by atoms with Crippen LogP contribution in [0.1, 0.15) is 11.5 Å². The molecule has 0 fully saturated rings. The fraction of sp³-hybridized carbons (Fsp3) is 0.125. The number of aryl methyl sites for hydroxylation is 1. The molecule has 0 N–H and O–H groups in total. The minimum absolute atomic E-state index is 0.0512. The molecule has 0 unspecified atom stereocenters. The van der Waals surface area contributed by atoms with Gasteiger partial charge in [0.2, 0.25) is 11.7 Å². The summed E-state index contributed by atoms with van der Waals surface area (Å²) < 4.78 is 29.9. The number of aromatic nitrogens is 4. The largest absolute Gasteiger partial charge is 0.459 e. The Labute approximate surface area is 139 Å². The van der Waals surface area contributed by atoms with E-state index in [4.69, 9.17) is 13.4 Å². The first-order chi connectivity index (χ1) is 12.1. The second-order valence-electron chi connectivity index (χ2n) is 5.28. The van der Waals surface area contributed by atoms with Crippen LogP contribution >= 0.6 is 0 Å². The zero-order valence-electron chi connectivity index (χ0n) is 13.0. The lowest BCUT2D eigenvalue weighted by Crippen LogP contribution is -2.16. The van der Waals surface area contributed by atoms with Crippen molar-refractivity contribution in [3.8, 4) is 23.0 Å². The van der Waals surface area contributed by atoms with Gasteiger partial charge in [-0.3, -0.25) is 0 Å². The molecule has 0 saturated heterocycles. The van der Waals surface area contributed by atoms with Gasteiger partial charge in [0, 0.05) is 5.56 Å². The molecule has 3 heterocycles. The summed E-state index contributed by atoms with van der Waals surface area (Å²) in [5.41, 5.74) is 0.994. The fourth-order valence-corrected chi connectivity index (χ4v) is 2.20. The van der Waals surface area contributed by atoms with E-state index < -0.39 is 5.76 Å². The highest BCUT2D eigenvalue weighted by Crippen LogP contribution is 2.19. The zero-order chi connectivity index (χ0) is 17.4. The van der Waals surface area contributed by atoms with E-state index in [0.29, 0.717) is 16.9 Å². The van der Waals surface area contributed by atoms with E-state index in [9.17, 15) is 9.18 Å². The van der Waals surface area contributed by atoms with Crippen molar-refractivity contribution in [3.63, 3.8) is 0 Å². The van der Waals surface area contributed by atoms with Gasteiger partial charge in [0.1, 0.15) is 12.4 Å². The number of halogens is 1. The number of furan rings is 1. The molecule has 0 amide bonds. The van der Waals surface area contributed by atoms with Gasteiger partial charge in [-0.15, -0.1) is 5.10 Å². The Morgan fingerprint density at radius 3 is 2.92 bits per heavy atom. The molecule has 1 aromatic carbocycles. The van der Waals surface area contributed by atoms with Crippen LogP contribution in [0.2, 0.25) is 0 Å². The topological polar surface area (TPSA) is 100 Å². The van der Waals surface area contributed by atoms with Crippen molar-refractivity contribution >= 4 is 0 Å². The van der Waals surface area contributed by atoms with Crippen molar-refractivity contribution in [2.75, 3.05) is 0 Å². The van der Waals surface area contributed by atoms with Crippen molar-refractivity contribution < 1.29 is 17.7 Å². The molecule has 0 aliphatic carbocycles. The van der Waals surface area contributed by atoms with Crippen molar-refractivity contribution in [2.24, 2.45) is 0 Å². The van der Waals surface area contributed by atoms with Crippen molar-refractivity contribution in [1.29, 1.82) is 0 Å². The quantitative estimate of drug-likeness (QED) is 0.562. The molecule has 3 aromatic heterocycles. The second-order valence-corrected chi connectivity index (χ2v) is 5.28. The van der Waals surface area contributed by atoms with Crippen LogP contribution in [-0.4, -0.2) is 19.9 Å². The molecule has 25 heavy (non-hydrogen) atoms. The third kappa shape index (κ3) is 2.87. The number of nitrogens with zero attached hydrogens (tertiary/aromatic N) is 4. The van der Waals surface area contributed by atoms with Crippen LogP contribution in [0.15, 0.2) is 54.7 Å². The molecular formula is C16H11FN4O4. The molecule has 126 valence electrons. The first-order valence-corrected chi connectivity index (χ1v) is 7.31. The van der Waals surface area contributed by atoms with Gasteiger partial charge < -0.3 is 13.4 Å². The van der Waals surface area contributed by atoms with Gasteiger partial charge in [0.05, 0.1) is 6.26 Å². The number of benzene rings is 1. The molecule has 9 heteroatoms. The lowest BCUT2D eigenvalue weighted by Gasteiger charge is -1.97. The third-order valence-corrected chi connectivity index (χ3v) is 3.52. The average Bonchev–Trinajstić information content (AvgIpc) is 3.32. The molecule has 0 aliphatic heterocycles. The van der Waals surface area contributed by atoms with Crippen LogP contribution in [0.3, 0.4) is 0 Å². The van der Waals surface area contributed by atoms with Crippen molar-refractivity contribution in [1.82, 2.24) is 19.9 Å². The SMILES string of the molecule is Cc1ccc(-c2noc(Cn3nc(-c4ccco4)oc3=O)n2)cc1F. The second kappa shape index (κ2) is 5.86. The Morgan fingerprint density at radius 2 is 2.16 bits per heavy atom. The smallest absolute Gasteiger partial charge is 0.437 e. The summed E-state index contributed by atoms with van der Waals surface area (Å²) in [5, 5.41) is 7.81. The number of hydrogen-bond donors (Lipinski definition) is 0. The van der Waals surface area contributed by atoms with Crippen LogP contribution in [-0.2, 0) is 6.54 Å². The van der Waals surface area contributed by atoms with E-state index in [1.54, 1.807) is 31.2 Å². The molecule has 8 nitrogen and oxygen atoms in total. The van der Waals surface area contributed by atoms with Gasteiger partial charge in [-0.2, -0.15) is 9.67 Å². The molecule has 4 rings (SSSR count). The Balaban J connectivity index is 1.59. The highest BCUT2D eigenvalue weighted by atomic mass is 19.1.